The third kappa shape index (κ3) is 5.21. The van der Waals surface area contributed by atoms with Gasteiger partial charge in [-0.05, 0) is 75.1 Å². The van der Waals surface area contributed by atoms with E-state index in [2.05, 4.69) is 5.32 Å². The largest absolute Gasteiger partial charge is 0.324 e. The van der Waals surface area contributed by atoms with Crippen LogP contribution in [0.2, 0.25) is 0 Å². The first kappa shape index (κ1) is 27.8. The summed E-state index contributed by atoms with van der Waals surface area (Å²) in [7, 11) is -3.59. The van der Waals surface area contributed by atoms with Gasteiger partial charge in [0.2, 0.25) is 15.9 Å². The summed E-state index contributed by atoms with van der Waals surface area (Å²) >= 11 is 0. The number of fused-ring (bicyclic) bond motifs is 1. The Morgan fingerprint density at radius 3 is 2.25 bits per heavy atom. The number of nitrogens with one attached hydrogen (secondary N) is 1. The molecule has 1 aliphatic heterocycles. The average Bonchev–Trinajstić information content (AvgIpc) is 3.10. The number of sulfonamides is 1. The van der Waals surface area contributed by atoms with E-state index in [4.69, 9.17) is 5.10 Å². The van der Waals surface area contributed by atoms with E-state index < -0.39 is 16.1 Å². The number of hydrogen-bond donors (Lipinski definition) is 1. The average molecular weight is 562 g/mol. The molecule has 1 aliphatic rings. The predicted molar refractivity (Wildman–Crippen MR) is 156 cm³/mol. The lowest BCUT2D eigenvalue weighted by Gasteiger charge is -2.21. The molecule has 0 saturated carbocycles. The van der Waals surface area contributed by atoms with E-state index in [9.17, 15) is 18.0 Å². The van der Waals surface area contributed by atoms with Gasteiger partial charge in [-0.3, -0.25) is 14.2 Å². The second kappa shape index (κ2) is 11.4. The number of aromatic nitrogens is 3. The number of anilines is 1. The molecule has 0 radical (unpaired) electrons. The van der Waals surface area contributed by atoms with Crippen LogP contribution in [0.25, 0.3) is 16.7 Å². The van der Waals surface area contributed by atoms with E-state index in [-0.39, 0.29) is 16.4 Å². The van der Waals surface area contributed by atoms with E-state index in [0.29, 0.717) is 30.8 Å². The Hall–Kier alpha value is -3.76. The van der Waals surface area contributed by atoms with Crippen molar-refractivity contribution in [2.24, 2.45) is 0 Å². The Labute approximate surface area is 234 Å². The van der Waals surface area contributed by atoms with E-state index in [0.717, 1.165) is 48.0 Å². The van der Waals surface area contributed by atoms with Crippen LogP contribution < -0.4 is 10.9 Å². The van der Waals surface area contributed by atoms with E-state index >= 15 is 0 Å². The SMILES string of the molecule is CCC(C(=O)Nc1ccc(S(=O)(=O)N2CCCCCC2)cc1)n1c(=O)cc(C)c2c(C)nn(-c3ccccc3)c21. The third-order valence-corrected chi connectivity index (χ3v) is 9.48. The molecule has 10 heteroatoms. The summed E-state index contributed by atoms with van der Waals surface area (Å²) in [5.74, 6) is -0.364. The molecule has 40 heavy (non-hydrogen) atoms. The van der Waals surface area contributed by atoms with Crippen molar-refractivity contribution in [1.29, 1.82) is 0 Å². The molecular weight excluding hydrogens is 526 g/mol. The van der Waals surface area contributed by atoms with Crippen LogP contribution in [0, 0.1) is 13.8 Å². The van der Waals surface area contributed by atoms with Gasteiger partial charge in [0, 0.05) is 30.2 Å². The number of aryl methyl sites for hydroxylation is 2. The minimum Gasteiger partial charge on any atom is -0.324 e. The lowest BCUT2D eigenvalue weighted by atomic mass is 10.1. The Morgan fingerprint density at radius 2 is 1.62 bits per heavy atom. The number of rotatable bonds is 7. The van der Waals surface area contributed by atoms with E-state index in [1.165, 1.54) is 16.7 Å². The van der Waals surface area contributed by atoms with Crippen LogP contribution in [0.5, 0.6) is 0 Å². The number of amides is 1. The highest BCUT2D eigenvalue weighted by molar-refractivity contribution is 7.89. The fourth-order valence-corrected chi connectivity index (χ4v) is 7.05. The minimum absolute atomic E-state index is 0.207. The van der Waals surface area contributed by atoms with Gasteiger partial charge in [-0.2, -0.15) is 9.40 Å². The zero-order chi connectivity index (χ0) is 28.4. The molecule has 2 aromatic carbocycles. The molecule has 1 unspecified atom stereocenters. The Bertz CT molecular complexity index is 1680. The standard InChI is InChI=1S/C30H35N5O4S/c1-4-26(29(37)31-23-14-16-25(17-15-23)40(38,39)33-18-10-5-6-11-19-33)34-27(36)20-21(2)28-22(3)32-35(30(28)34)24-12-8-7-9-13-24/h7-9,12-17,20,26H,4-6,10-11,18-19H2,1-3H3,(H,31,37). The molecule has 0 spiro atoms. The second-order valence-electron chi connectivity index (χ2n) is 10.3. The Kier molecular flexibility index (Phi) is 7.91. The molecule has 3 heterocycles. The number of benzene rings is 2. The normalized spacial score (nSPS) is 15.6. The smallest absolute Gasteiger partial charge is 0.253 e. The maximum Gasteiger partial charge on any atom is 0.253 e. The fourth-order valence-electron chi connectivity index (χ4n) is 5.53. The molecule has 210 valence electrons. The van der Waals surface area contributed by atoms with Crippen LogP contribution in [0.4, 0.5) is 5.69 Å². The van der Waals surface area contributed by atoms with Gasteiger partial charge in [0.05, 0.1) is 16.3 Å². The predicted octanol–water partition coefficient (Wildman–Crippen LogP) is 4.96. The van der Waals surface area contributed by atoms with Gasteiger partial charge in [0.1, 0.15) is 11.7 Å². The molecule has 1 atom stereocenters. The van der Waals surface area contributed by atoms with Gasteiger partial charge in [0.25, 0.3) is 5.56 Å². The fraction of sp³-hybridized carbons (Fsp3) is 0.367. The second-order valence-corrected chi connectivity index (χ2v) is 12.3. The summed E-state index contributed by atoms with van der Waals surface area (Å²) < 4.78 is 31.1. The summed E-state index contributed by atoms with van der Waals surface area (Å²) in [6.07, 6.45) is 4.17. The van der Waals surface area contributed by atoms with Crippen molar-refractivity contribution in [2.45, 2.75) is 63.8 Å². The minimum atomic E-state index is -3.59. The molecule has 9 nitrogen and oxygen atoms in total. The third-order valence-electron chi connectivity index (χ3n) is 7.56. The summed E-state index contributed by atoms with van der Waals surface area (Å²) in [6.45, 7) is 6.68. The van der Waals surface area contributed by atoms with Crippen molar-refractivity contribution >= 4 is 32.7 Å². The van der Waals surface area contributed by atoms with Gasteiger partial charge < -0.3 is 5.32 Å². The zero-order valence-electron chi connectivity index (χ0n) is 23.1. The van der Waals surface area contributed by atoms with Crippen molar-refractivity contribution in [3.8, 4) is 5.69 Å². The van der Waals surface area contributed by atoms with E-state index in [1.807, 2.05) is 51.1 Å². The number of carbonyl (C=O) groups is 1. The summed E-state index contributed by atoms with van der Waals surface area (Å²) in [6, 6.07) is 16.5. The first-order valence-corrected chi connectivity index (χ1v) is 15.2. The number of para-hydroxylation sites is 1. The van der Waals surface area contributed by atoms with E-state index in [1.54, 1.807) is 27.2 Å². The van der Waals surface area contributed by atoms with Crippen LogP contribution in [-0.4, -0.2) is 46.1 Å². The number of nitrogens with zero attached hydrogens (tertiary/aromatic N) is 4. The van der Waals surface area contributed by atoms with Gasteiger partial charge in [-0.1, -0.05) is 38.0 Å². The van der Waals surface area contributed by atoms with Gasteiger partial charge in [-0.25, -0.2) is 13.1 Å². The maximum absolute atomic E-state index is 13.6. The van der Waals surface area contributed by atoms with Crippen molar-refractivity contribution in [2.75, 3.05) is 18.4 Å². The molecule has 1 fully saturated rings. The summed E-state index contributed by atoms with van der Waals surface area (Å²) in [5.41, 5.74) is 3.09. The zero-order valence-corrected chi connectivity index (χ0v) is 23.9. The molecule has 0 aliphatic carbocycles. The first-order valence-electron chi connectivity index (χ1n) is 13.8. The lowest BCUT2D eigenvalue weighted by molar-refractivity contribution is -0.119. The highest BCUT2D eigenvalue weighted by Crippen LogP contribution is 2.28. The number of pyridine rings is 1. The van der Waals surface area contributed by atoms with Crippen molar-refractivity contribution in [1.82, 2.24) is 18.7 Å². The van der Waals surface area contributed by atoms with Gasteiger partial charge in [-0.15, -0.1) is 0 Å². The number of hydrogen-bond acceptors (Lipinski definition) is 5. The van der Waals surface area contributed by atoms with Crippen LogP contribution >= 0.6 is 0 Å². The van der Waals surface area contributed by atoms with Crippen LogP contribution in [0.15, 0.2) is 70.4 Å². The molecular formula is C30H35N5O4S. The molecule has 0 bridgehead atoms. The number of carbonyl (C=O) groups excluding carboxylic acids is 1. The maximum atomic E-state index is 13.6. The molecule has 4 aromatic rings. The van der Waals surface area contributed by atoms with Crippen LogP contribution in [-0.2, 0) is 14.8 Å². The van der Waals surface area contributed by atoms with Crippen LogP contribution in [0.3, 0.4) is 0 Å². The summed E-state index contributed by atoms with van der Waals surface area (Å²) in [4.78, 5) is 27.2. The lowest BCUT2D eigenvalue weighted by Crippen LogP contribution is -2.34. The highest BCUT2D eigenvalue weighted by Gasteiger charge is 2.27. The van der Waals surface area contributed by atoms with Crippen LogP contribution in [0.1, 0.15) is 56.3 Å². The first-order chi connectivity index (χ1) is 19.2. The summed E-state index contributed by atoms with van der Waals surface area (Å²) in [5, 5.41) is 8.45. The Morgan fingerprint density at radius 1 is 0.975 bits per heavy atom. The van der Waals surface area contributed by atoms with Crippen molar-refractivity contribution in [3.05, 3.63) is 82.3 Å². The van der Waals surface area contributed by atoms with Crippen molar-refractivity contribution < 1.29 is 13.2 Å². The molecule has 1 saturated heterocycles. The molecule has 2 aromatic heterocycles. The van der Waals surface area contributed by atoms with Gasteiger partial charge >= 0.3 is 0 Å². The quantitative estimate of drug-likeness (QED) is 0.343. The monoisotopic (exact) mass is 561 g/mol. The Balaban J connectivity index is 1.47. The topological polar surface area (TPSA) is 106 Å². The van der Waals surface area contributed by atoms with Crippen molar-refractivity contribution in [3.63, 3.8) is 0 Å². The molecule has 5 rings (SSSR count). The molecule has 1 amide bonds. The highest BCUT2D eigenvalue weighted by atomic mass is 32.2. The molecule has 1 N–H and O–H groups in total. The van der Waals surface area contributed by atoms with Gasteiger partial charge in [0.15, 0.2) is 0 Å².